The number of unbranched alkanes of at least 4 members (excludes halogenated alkanes) is 2. The fourth-order valence-corrected chi connectivity index (χ4v) is 3.19. The molecule has 1 N–H and O–H groups in total. The molecule has 0 aliphatic heterocycles. The zero-order valence-electron chi connectivity index (χ0n) is 14.9. The molecule has 0 spiro atoms. The van der Waals surface area contributed by atoms with Crippen LogP contribution >= 0.6 is 22.7 Å². The standard InChI is InChI=1S/C18H20O2S.C4H4S/c1-2-3-4-13-20-16-10-7-15(8-11-16)9-12-17(19)18-6-5-14-21-18;1-2-4-5-3-1/h5-8,10-11,14,17,19H,2-4,13H2,1H3;1-4H. The van der Waals surface area contributed by atoms with Crippen LogP contribution in [-0.2, 0) is 0 Å². The summed E-state index contributed by atoms with van der Waals surface area (Å²) in [6.07, 6.45) is 2.77. The number of rotatable bonds is 6. The Hall–Kier alpha value is -2.06. The summed E-state index contributed by atoms with van der Waals surface area (Å²) in [6.45, 7) is 2.94. The van der Waals surface area contributed by atoms with Crippen molar-refractivity contribution in [2.24, 2.45) is 0 Å². The number of aliphatic hydroxyl groups is 1. The number of hydrogen-bond donors (Lipinski definition) is 1. The molecular weight excluding hydrogens is 360 g/mol. The molecule has 0 fully saturated rings. The summed E-state index contributed by atoms with van der Waals surface area (Å²) < 4.78 is 5.65. The number of thiophene rings is 2. The van der Waals surface area contributed by atoms with Crippen LogP contribution in [0, 0.1) is 11.8 Å². The summed E-state index contributed by atoms with van der Waals surface area (Å²) in [5.41, 5.74) is 0.881. The molecule has 0 saturated carbocycles. The van der Waals surface area contributed by atoms with Crippen molar-refractivity contribution in [3.63, 3.8) is 0 Å². The van der Waals surface area contributed by atoms with E-state index < -0.39 is 6.10 Å². The summed E-state index contributed by atoms with van der Waals surface area (Å²) in [5.74, 6) is 6.71. The molecule has 0 radical (unpaired) electrons. The molecule has 0 amide bonds. The molecule has 136 valence electrons. The fourth-order valence-electron chi connectivity index (χ4n) is 2.07. The Balaban J connectivity index is 0.000000417. The minimum atomic E-state index is -0.713. The first-order valence-electron chi connectivity index (χ1n) is 8.72. The van der Waals surface area contributed by atoms with Crippen molar-refractivity contribution in [2.45, 2.75) is 32.3 Å². The normalized spacial score (nSPS) is 10.8. The van der Waals surface area contributed by atoms with Gasteiger partial charge in [0, 0.05) is 10.4 Å². The number of hydrogen-bond acceptors (Lipinski definition) is 4. The van der Waals surface area contributed by atoms with Gasteiger partial charge in [-0.3, -0.25) is 0 Å². The van der Waals surface area contributed by atoms with E-state index in [-0.39, 0.29) is 0 Å². The third-order valence-electron chi connectivity index (χ3n) is 3.46. The van der Waals surface area contributed by atoms with Crippen molar-refractivity contribution < 1.29 is 9.84 Å². The van der Waals surface area contributed by atoms with E-state index in [9.17, 15) is 5.11 Å². The molecule has 0 saturated heterocycles. The molecule has 1 aromatic carbocycles. The van der Waals surface area contributed by atoms with Crippen LogP contribution in [0.3, 0.4) is 0 Å². The summed E-state index contributed by atoms with van der Waals surface area (Å²) in [4.78, 5) is 0.873. The Morgan fingerprint density at radius 1 is 1.00 bits per heavy atom. The van der Waals surface area contributed by atoms with E-state index in [4.69, 9.17) is 4.74 Å². The lowest BCUT2D eigenvalue weighted by molar-refractivity contribution is 0.242. The van der Waals surface area contributed by atoms with Gasteiger partial charge in [-0.05, 0) is 52.9 Å². The average Bonchev–Trinajstić information content (AvgIpc) is 3.40. The van der Waals surface area contributed by atoms with Gasteiger partial charge in [-0.1, -0.05) is 49.8 Å². The van der Waals surface area contributed by atoms with Gasteiger partial charge in [0.2, 0.25) is 0 Å². The van der Waals surface area contributed by atoms with E-state index in [1.54, 1.807) is 11.3 Å². The molecule has 3 rings (SSSR count). The van der Waals surface area contributed by atoms with Gasteiger partial charge in [0.25, 0.3) is 0 Å². The van der Waals surface area contributed by atoms with Gasteiger partial charge in [-0.25, -0.2) is 0 Å². The summed E-state index contributed by atoms with van der Waals surface area (Å²) >= 11 is 3.22. The largest absolute Gasteiger partial charge is 0.494 e. The van der Waals surface area contributed by atoms with Crippen LogP contribution in [0.2, 0.25) is 0 Å². The molecule has 1 unspecified atom stereocenters. The zero-order chi connectivity index (χ0) is 18.5. The Bertz CT molecular complexity index is 734. The zero-order valence-corrected chi connectivity index (χ0v) is 16.6. The van der Waals surface area contributed by atoms with E-state index in [1.165, 1.54) is 24.2 Å². The monoisotopic (exact) mass is 384 g/mol. The van der Waals surface area contributed by atoms with Gasteiger partial charge in [0.1, 0.15) is 11.9 Å². The molecule has 26 heavy (non-hydrogen) atoms. The minimum Gasteiger partial charge on any atom is -0.494 e. The smallest absolute Gasteiger partial charge is 0.149 e. The first-order valence-corrected chi connectivity index (χ1v) is 10.5. The summed E-state index contributed by atoms with van der Waals surface area (Å²) in [6, 6.07) is 15.5. The molecule has 0 bridgehead atoms. The SMILES string of the molecule is CCCCCOc1ccc(C#CC(O)c2cccs2)cc1.c1ccsc1. The van der Waals surface area contributed by atoms with Crippen molar-refractivity contribution in [3.05, 3.63) is 75.1 Å². The van der Waals surface area contributed by atoms with Gasteiger partial charge in [0.05, 0.1) is 6.61 Å². The lowest BCUT2D eigenvalue weighted by atomic mass is 10.2. The predicted molar refractivity (Wildman–Crippen MR) is 112 cm³/mol. The molecule has 4 heteroatoms. The van der Waals surface area contributed by atoms with Crippen molar-refractivity contribution in [2.75, 3.05) is 6.61 Å². The first kappa shape index (κ1) is 20.3. The second-order valence-corrected chi connectivity index (χ2v) is 7.36. The average molecular weight is 385 g/mol. The highest BCUT2D eigenvalue weighted by molar-refractivity contribution is 7.10. The minimum absolute atomic E-state index is 0.713. The van der Waals surface area contributed by atoms with Crippen molar-refractivity contribution in [3.8, 4) is 17.6 Å². The fraction of sp³-hybridized carbons (Fsp3) is 0.273. The van der Waals surface area contributed by atoms with Gasteiger partial charge >= 0.3 is 0 Å². The second-order valence-electron chi connectivity index (χ2n) is 5.56. The Morgan fingerprint density at radius 3 is 2.35 bits per heavy atom. The van der Waals surface area contributed by atoms with E-state index in [0.29, 0.717) is 0 Å². The van der Waals surface area contributed by atoms with Crippen LogP contribution in [-0.4, -0.2) is 11.7 Å². The lowest BCUT2D eigenvalue weighted by Crippen LogP contribution is -1.96. The summed E-state index contributed by atoms with van der Waals surface area (Å²) in [7, 11) is 0. The van der Waals surface area contributed by atoms with Crippen LogP contribution in [0.4, 0.5) is 0 Å². The van der Waals surface area contributed by atoms with Gasteiger partial charge in [-0.2, -0.15) is 11.3 Å². The third kappa shape index (κ3) is 7.88. The van der Waals surface area contributed by atoms with Gasteiger partial charge < -0.3 is 9.84 Å². The van der Waals surface area contributed by atoms with E-state index in [0.717, 1.165) is 29.2 Å². The number of benzene rings is 1. The second kappa shape index (κ2) is 12.3. The van der Waals surface area contributed by atoms with Crippen molar-refractivity contribution in [1.82, 2.24) is 0 Å². The maximum atomic E-state index is 9.90. The quantitative estimate of drug-likeness (QED) is 0.408. The molecule has 0 aliphatic carbocycles. The molecule has 1 atom stereocenters. The molecular formula is C22H24O2S2. The lowest BCUT2D eigenvalue weighted by Gasteiger charge is -2.05. The van der Waals surface area contributed by atoms with Crippen molar-refractivity contribution >= 4 is 22.7 Å². The Labute approximate surface area is 164 Å². The van der Waals surface area contributed by atoms with Crippen molar-refractivity contribution in [1.29, 1.82) is 0 Å². The van der Waals surface area contributed by atoms with Gasteiger partial charge in [-0.15, -0.1) is 11.3 Å². The van der Waals surface area contributed by atoms with Crippen LogP contribution in [0.5, 0.6) is 5.75 Å². The molecule has 2 aromatic heterocycles. The molecule has 3 aromatic rings. The van der Waals surface area contributed by atoms with Crippen LogP contribution in [0.25, 0.3) is 0 Å². The molecule has 0 aliphatic rings. The highest BCUT2D eigenvalue weighted by atomic mass is 32.1. The predicted octanol–water partition coefficient (Wildman–Crippen LogP) is 6.15. The highest BCUT2D eigenvalue weighted by Crippen LogP contribution is 2.18. The van der Waals surface area contributed by atoms with Crippen LogP contribution in [0.1, 0.15) is 42.7 Å². The summed E-state index contributed by atoms with van der Waals surface area (Å²) in [5, 5.41) is 15.9. The first-order chi connectivity index (χ1) is 12.8. The molecule has 2 heterocycles. The third-order valence-corrected chi connectivity index (χ3v) is 5.02. The topological polar surface area (TPSA) is 29.5 Å². The Morgan fingerprint density at radius 2 is 1.77 bits per heavy atom. The number of aliphatic hydroxyl groups excluding tert-OH is 1. The van der Waals surface area contributed by atoms with E-state index in [1.807, 2.05) is 64.7 Å². The maximum absolute atomic E-state index is 9.90. The number of ether oxygens (including phenoxy) is 1. The highest BCUT2D eigenvalue weighted by Gasteiger charge is 2.03. The van der Waals surface area contributed by atoms with E-state index >= 15 is 0 Å². The Kier molecular flexibility index (Phi) is 9.60. The van der Waals surface area contributed by atoms with Gasteiger partial charge in [0.15, 0.2) is 0 Å². The van der Waals surface area contributed by atoms with Crippen LogP contribution < -0.4 is 4.74 Å². The van der Waals surface area contributed by atoms with Crippen LogP contribution in [0.15, 0.2) is 64.7 Å². The maximum Gasteiger partial charge on any atom is 0.149 e. The van der Waals surface area contributed by atoms with E-state index in [2.05, 4.69) is 18.8 Å². The molecule has 2 nitrogen and oxygen atoms in total.